The monoisotopic (exact) mass is 809 g/mol. The van der Waals surface area contributed by atoms with Crippen molar-refractivity contribution in [2.45, 2.75) is 207 Å². The number of allylic oxidation sites excluding steroid dienone is 5. The van der Waals surface area contributed by atoms with Gasteiger partial charge in [0.15, 0.2) is 5.78 Å². The number of Topliss-reactive ketones (excluding diaryl/α,β-unsaturated/α-hetero) is 1. The summed E-state index contributed by atoms with van der Waals surface area (Å²) in [6.45, 7) is 19.9. The molecule has 0 saturated carbocycles. The minimum Gasteiger partial charge on any atom is -0.387 e. The van der Waals surface area contributed by atoms with Crippen LogP contribution in [0.15, 0.2) is 37.0 Å². The van der Waals surface area contributed by atoms with Gasteiger partial charge in [-0.3, -0.25) is 4.79 Å². The highest BCUT2D eigenvalue weighted by molar-refractivity contribution is 5.76. The number of aliphatic hydroxyl groups is 2. The Labute approximate surface area is 359 Å². The first-order valence-electron chi connectivity index (χ1n) is 24.2. The van der Waals surface area contributed by atoms with Crippen molar-refractivity contribution in [3.8, 4) is 0 Å². The van der Waals surface area contributed by atoms with Gasteiger partial charge >= 0.3 is 0 Å². The molecule has 0 amide bonds. The van der Waals surface area contributed by atoms with Crippen molar-refractivity contribution in [3.63, 3.8) is 0 Å². The Morgan fingerprint density at radius 2 is 0.772 bits per heavy atom. The maximum atomic E-state index is 11.1. The molecule has 0 aromatic carbocycles. The van der Waals surface area contributed by atoms with Gasteiger partial charge in [-0.25, -0.2) is 0 Å². The molecule has 340 valence electrons. The predicted molar refractivity (Wildman–Crippen MR) is 255 cm³/mol. The maximum absolute atomic E-state index is 11.1. The molecule has 0 fully saturated rings. The van der Waals surface area contributed by atoms with Gasteiger partial charge < -0.3 is 23.7 Å². The molecule has 2 atom stereocenters. The molecule has 0 saturated heterocycles. The van der Waals surface area contributed by atoms with E-state index in [1.165, 1.54) is 154 Å². The van der Waals surface area contributed by atoms with Gasteiger partial charge in [-0.1, -0.05) is 116 Å². The molecule has 2 unspecified atom stereocenters. The van der Waals surface area contributed by atoms with Crippen LogP contribution in [-0.4, -0.2) is 123 Å². The zero-order valence-electron chi connectivity index (χ0n) is 40.8. The van der Waals surface area contributed by atoms with Crippen LogP contribution in [0.4, 0.5) is 0 Å². The number of hydrogen-bond acceptors (Lipinski definition) is 3. The number of carbonyl (C=O) groups excluding carboxylic acids is 1. The van der Waals surface area contributed by atoms with E-state index in [0.29, 0.717) is 12.3 Å². The van der Waals surface area contributed by atoms with Gasteiger partial charge in [0.25, 0.3) is 0 Å². The number of nitrogens with zero attached hydrogens (tertiary/aromatic N) is 3. The van der Waals surface area contributed by atoms with Crippen molar-refractivity contribution in [1.82, 2.24) is 0 Å². The summed E-state index contributed by atoms with van der Waals surface area (Å²) < 4.78 is 2.75. The Balaban J connectivity index is -0.000000768. The van der Waals surface area contributed by atoms with Crippen LogP contribution in [0.1, 0.15) is 195 Å². The van der Waals surface area contributed by atoms with E-state index in [0.717, 1.165) is 52.3 Å². The third-order valence-corrected chi connectivity index (χ3v) is 11.0. The van der Waals surface area contributed by atoms with Gasteiger partial charge in [-0.2, -0.15) is 0 Å². The minimum atomic E-state index is -0.140. The summed E-state index contributed by atoms with van der Waals surface area (Å²) in [4.78, 5) is 11.1. The molecule has 0 heterocycles. The molecule has 0 aliphatic heterocycles. The summed E-state index contributed by atoms with van der Waals surface area (Å²) in [6, 6.07) is 0. The Hall–Kier alpha value is -1.31. The number of unbranched alkanes of at least 4 members (excludes halogenated alkanes) is 18. The average Bonchev–Trinajstić information content (AvgIpc) is 3.13. The SMILES string of the molecule is C=CCCCCCCCC[N+](C)(C)CC(O)CC.CC/C=C/CCCCCCCC[N+](C)(C)CC(C)=O.CC/C=C/CCCCCCCC[N+](C)(C)CC(O)CC. The highest BCUT2D eigenvalue weighted by atomic mass is 16.3. The van der Waals surface area contributed by atoms with E-state index in [2.05, 4.69) is 93.9 Å². The second kappa shape index (κ2) is 41.4. The molecule has 0 bridgehead atoms. The fourth-order valence-electron chi connectivity index (χ4n) is 7.39. The zero-order valence-corrected chi connectivity index (χ0v) is 40.8. The third kappa shape index (κ3) is 50.8. The van der Waals surface area contributed by atoms with Crippen LogP contribution >= 0.6 is 0 Å². The van der Waals surface area contributed by atoms with Crippen molar-refractivity contribution in [3.05, 3.63) is 37.0 Å². The summed E-state index contributed by atoms with van der Waals surface area (Å²) >= 11 is 0. The highest BCUT2D eigenvalue weighted by Gasteiger charge is 2.20. The van der Waals surface area contributed by atoms with Crippen LogP contribution in [0.3, 0.4) is 0 Å². The van der Waals surface area contributed by atoms with Crippen LogP contribution in [0.5, 0.6) is 0 Å². The van der Waals surface area contributed by atoms with Crippen molar-refractivity contribution < 1.29 is 28.5 Å². The Morgan fingerprint density at radius 1 is 0.474 bits per heavy atom. The highest BCUT2D eigenvalue weighted by Crippen LogP contribution is 2.13. The molecule has 6 heteroatoms. The largest absolute Gasteiger partial charge is 0.387 e. The third-order valence-electron chi connectivity index (χ3n) is 11.0. The van der Waals surface area contributed by atoms with Crippen LogP contribution in [0, 0.1) is 0 Å². The van der Waals surface area contributed by atoms with Gasteiger partial charge in [0, 0.05) is 6.92 Å². The average molecular weight is 809 g/mol. The van der Waals surface area contributed by atoms with Crippen LogP contribution < -0.4 is 0 Å². The summed E-state index contributed by atoms with van der Waals surface area (Å²) in [7, 11) is 13.2. The number of ketones is 1. The number of carbonyl (C=O) groups is 1. The first-order chi connectivity index (χ1) is 27.0. The molecule has 0 radical (unpaired) electrons. The molecule has 0 aliphatic rings. The van der Waals surface area contributed by atoms with Crippen molar-refractivity contribution in [2.24, 2.45) is 0 Å². The second-order valence-electron chi connectivity index (χ2n) is 19.1. The molecular formula is C51H106N3O3+3. The Morgan fingerprint density at radius 3 is 1.07 bits per heavy atom. The van der Waals surface area contributed by atoms with E-state index in [-0.39, 0.29) is 12.2 Å². The molecule has 2 N–H and O–H groups in total. The van der Waals surface area contributed by atoms with Crippen molar-refractivity contribution in [1.29, 1.82) is 0 Å². The predicted octanol–water partition coefficient (Wildman–Crippen LogP) is 12.6. The van der Waals surface area contributed by atoms with Gasteiger partial charge in [-0.05, 0) is 103 Å². The standard InChI is InChI=1S/C18H38NO.C17H34NO.C16H34NO/c1-5-7-8-9-10-11-12-13-14-15-16-19(3,4)17-18(20)6-2;1-5-6-7-8-9-10-11-12-13-14-15-18(3,4)16-17(2)19;1-5-7-8-9-10-11-12-13-14-17(3,4)15-16(18)6-2/h7-8,18,20H,5-6,9-17H2,1-4H3;6-7H,5,8-16H2,1-4H3;5,16,18H,1,6-15H2,2-4H3/q3*+1/b8-7+;7-6+;. The summed E-state index contributed by atoms with van der Waals surface area (Å²) in [5.74, 6) is 0.296. The first kappa shape index (κ1) is 60.0. The lowest BCUT2D eigenvalue weighted by Crippen LogP contribution is -2.45. The lowest BCUT2D eigenvalue weighted by molar-refractivity contribution is -0.893. The molecule has 0 aromatic rings. The maximum Gasteiger partial charge on any atom is 0.183 e. The topological polar surface area (TPSA) is 57.5 Å². The quantitative estimate of drug-likeness (QED) is 0.0373. The lowest BCUT2D eigenvalue weighted by Gasteiger charge is -2.31. The smallest absolute Gasteiger partial charge is 0.183 e. The molecular weight excluding hydrogens is 703 g/mol. The van der Waals surface area contributed by atoms with E-state index >= 15 is 0 Å². The van der Waals surface area contributed by atoms with Crippen molar-refractivity contribution in [2.75, 3.05) is 81.6 Å². The van der Waals surface area contributed by atoms with Gasteiger partial charge in [0.05, 0.1) is 61.9 Å². The zero-order chi connectivity index (χ0) is 43.7. The number of quaternary nitrogens is 3. The van der Waals surface area contributed by atoms with Gasteiger partial charge in [-0.15, -0.1) is 6.58 Å². The normalized spacial score (nSPS) is 13.3. The molecule has 0 rings (SSSR count). The number of likely N-dealkylation sites (N-methyl/N-ethyl adjacent to an activating group) is 3. The minimum absolute atomic E-state index is 0.138. The molecule has 0 aliphatic carbocycles. The summed E-state index contributed by atoms with van der Waals surface area (Å²) in [6.07, 6.45) is 42.7. The molecule has 6 nitrogen and oxygen atoms in total. The fourth-order valence-corrected chi connectivity index (χ4v) is 7.39. The van der Waals surface area contributed by atoms with Crippen LogP contribution in [0.25, 0.3) is 0 Å². The lowest BCUT2D eigenvalue weighted by atomic mass is 10.1. The van der Waals surface area contributed by atoms with Gasteiger partial charge in [0.2, 0.25) is 0 Å². The molecule has 0 spiro atoms. The summed E-state index contributed by atoms with van der Waals surface area (Å²) in [5.41, 5.74) is 0. The van der Waals surface area contributed by atoms with Crippen molar-refractivity contribution >= 4 is 5.78 Å². The number of aliphatic hydroxyl groups excluding tert-OH is 2. The van der Waals surface area contributed by atoms with E-state index in [1.54, 1.807) is 6.92 Å². The van der Waals surface area contributed by atoms with Crippen LogP contribution in [-0.2, 0) is 4.79 Å². The molecule has 0 aromatic heterocycles. The second-order valence-corrected chi connectivity index (χ2v) is 19.1. The fraction of sp³-hybridized carbons (Fsp3) is 0.863. The first-order valence-corrected chi connectivity index (χ1v) is 24.2. The number of rotatable bonds is 37. The summed E-state index contributed by atoms with van der Waals surface area (Å²) in [5, 5.41) is 19.4. The van der Waals surface area contributed by atoms with Crippen LogP contribution in [0.2, 0.25) is 0 Å². The van der Waals surface area contributed by atoms with E-state index in [1.807, 2.05) is 13.0 Å². The van der Waals surface area contributed by atoms with E-state index in [4.69, 9.17) is 0 Å². The Kier molecular flexibility index (Phi) is 43.6. The Bertz CT molecular complexity index is 927. The molecule has 57 heavy (non-hydrogen) atoms. The van der Waals surface area contributed by atoms with Gasteiger partial charge in [0.1, 0.15) is 31.8 Å². The van der Waals surface area contributed by atoms with E-state index in [9.17, 15) is 15.0 Å². The van der Waals surface area contributed by atoms with E-state index < -0.39 is 0 Å². The number of hydrogen-bond donors (Lipinski definition) is 2.